The van der Waals surface area contributed by atoms with Crippen LogP contribution in [0.5, 0.6) is 0 Å². The average Bonchev–Trinajstić information content (AvgIpc) is 2.84. The Balaban J connectivity index is 1.90. The molecule has 1 aromatic heterocycles. The number of hydrogen-bond donors (Lipinski definition) is 1. The molecule has 3 aromatic rings. The van der Waals surface area contributed by atoms with Gasteiger partial charge in [-0.2, -0.15) is 0 Å². The quantitative estimate of drug-likeness (QED) is 0.765. The van der Waals surface area contributed by atoms with Crippen LogP contribution in [0.3, 0.4) is 0 Å². The number of aromatic nitrogens is 1. The summed E-state index contributed by atoms with van der Waals surface area (Å²) in [6.45, 7) is 1.63. The number of nitrogens with one attached hydrogen (secondary N) is 1. The van der Waals surface area contributed by atoms with Gasteiger partial charge >= 0.3 is 0 Å². The van der Waals surface area contributed by atoms with Gasteiger partial charge in [-0.15, -0.1) is 0 Å². The van der Waals surface area contributed by atoms with Gasteiger partial charge in [-0.25, -0.2) is 4.39 Å². The first kappa shape index (κ1) is 12.9. The fraction of sp³-hybridized carbons (Fsp3) is 0.176. The first-order valence-electron chi connectivity index (χ1n) is 6.73. The predicted octanol–water partition coefficient (Wildman–Crippen LogP) is 3.55. The van der Waals surface area contributed by atoms with Gasteiger partial charge in [0.05, 0.1) is 0 Å². The van der Waals surface area contributed by atoms with Gasteiger partial charge < -0.3 is 9.88 Å². The van der Waals surface area contributed by atoms with Gasteiger partial charge in [0.2, 0.25) is 0 Å². The van der Waals surface area contributed by atoms with Gasteiger partial charge in [0.1, 0.15) is 5.82 Å². The Hall–Kier alpha value is -2.13. The highest BCUT2D eigenvalue weighted by Gasteiger charge is 2.03. The van der Waals surface area contributed by atoms with Gasteiger partial charge in [-0.3, -0.25) is 0 Å². The van der Waals surface area contributed by atoms with Crippen molar-refractivity contribution in [1.82, 2.24) is 9.88 Å². The van der Waals surface area contributed by atoms with E-state index in [1.807, 2.05) is 19.2 Å². The number of hydrogen-bond acceptors (Lipinski definition) is 1. The van der Waals surface area contributed by atoms with Crippen LogP contribution in [0.15, 0.2) is 54.7 Å². The molecule has 0 amide bonds. The molecule has 0 atom stereocenters. The summed E-state index contributed by atoms with van der Waals surface area (Å²) in [6.07, 6.45) is 2.08. The van der Waals surface area contributed by atoms with Gasteiger partial charge in [-0.05, 0) is 53.9 Å². The lowest BCUT2D eigenvalue weighted by Gasteiger charge is -2.07. The summed E-state index contributed by atoms with van der Waals surface area (Å²) in [7, 11) is 1.95. The molecular formula is C17H17FN2. The van der Waals surface area contributed by atoms with Crippen molar-refractivity contribution in [3.63, 3.8) is 0 Å². The van der Waals surface area contributed by atoms with E-state index >= 15 is 0 Å². The van der Waals surface area contributed by atoms with E-state index in [-0.39, 0.29) is 5.82 Å². The van der Waals surface area contributed by atoms with Crippen LogP contribution in [0.25, 0.3) is 10.9 Å². The summed E-state index contributed by atoms with van der Waals surface area (Å²) in [4.78, 5) is 0. The number of benzene rings is 2. The van der Waals surface area contributed by atoms with Crippen LogP contribution in [0, 0.1) is 5.82 Å². The summed E-state index contributed by atoms with van der Waals surface area (Å²) in [5.74, 6) is -0.192. The van der Waals surface area contributed by atoms with Crippen molar-refractivity contribution >= 4 is 10.9 Å². The first-order chi connectivity index (χ1) is 9.76. The minimum Gasteiger partial charge on any atom is -0.343 e. The van der Waals surface area contributed by atoms with Crippen LogP contribution < -0.4 is 5.32 Å². The van der Waals surface area contributed by atoms with Gasteiger partial charge in [-0.1, -0.05) is 18.2 Å². The largest absolute Gasteiger partial charge is 0.343 e. The summed E-state index contributed by atoms with van der Waals surface area (Å²) in [5.41, 5.74) is 3.58. The van der Waals surface area contributed by atoms with Gasteiger partial charge in [0.25, 0.3) is 0 Å². The summed E-state index contributed by atoms with van der Waals surface area (Å²) < 4.78 is 15.1. The van der Waals surface area contributed by atoms with E-state index in [4.69, 9.17) is 0 Å². The zero-order chi connectivity index (χ0) is 13.9. The average molecular weight is 268 g/mol. The SMILES string of the molecule is CNCc1ccc2c(ccn2Cc2ccc(F)cc2)c1. The second kappa shape index (κ2) is 5.47. The molecule has 0 spiro atoms. The smallest absolute Gasteiger partial charge is 0.123 e. The van der Waals surface area contributed by atoms with E-state index in [9.17, 15) is 4.39 Å². The molecule has 3 rings (SSSR count). The molecule has 2 nitrogen and oxygen atoms in total. The van der Waals surface area contributed by atoms with E-state index < -0.39 is 0 Å². The Kier molecular flexibility index (Phi) is 3.52. The molecule has 0 aliphatic rings. The van der Waals surface area contributed by atoms with Crippen LogP contribution in [0.4, 0.5) is 4.39 Å². The molecule has 0 saturated carbocycles. The molecule has 0 fully saturated rings. The Bertz CT molecular complexity index is 713. The Labute approximate surface area is 117 Å². The minimum atomic E-state index is -0.192. The Morgan fingerprint density at radius 2 is 1.75 bits per heavy atom. The molecule has 2 aromatic carbocycles. The van der Waals surface area contributed by atoms with Crippen molar-refractivity contribution < 1.29 is 4.39 Å². The normalized spacial score (nSPS) is 11.1. The second-order valence-electron chi connectivity index (χ2n) is 4.99. The lowest BCUT2D eigenvalue weighted by molar-refractivity contribution is 0.626. The standard InChI is InChI=1S/C17H17FN2/c1-19-11-14-4-7-17-15(10-14)8-9-20(17)12-13-2-5-16(18)6-3-13/h2-10,19H,11-12H2,1H3. The summed E-state index contributed by atoms with van der Waals surface area (Å²) in [5, 5.41) is 4.39. The molecule has 102 valence electrons. The monoisotopic (exact) mass is 268 g/mol. The van der Waals surface area contributed by atoms with Gasteiger partial charge in [0.15, 0.2) is 0 Å². The number of rotatable bonds is 4. The van der Waals surface area contributed by atoms with E-state index in [1.165, 1.54) is 28.6 Å². The van der Waals surface area contributed by atoms with Crippen LogP contribution in [-0.4, -0.2) is 11.6 Å². The van der Waals surface area contributed by atoms with Crippen molar-refractivity contribution in [2.75, 3.05) is 7.05 Å². The van der Waals surface area contributed by atoms with Crippen LogP contribution >= 0.6 is 0 Å². The fourth-order valence-corrected chi connectivity index (χ4v) is 2.49. The van der Waals surface area contributed by atoms with Crippen molar-refractivity contribution in [2.45, 2.75) is 13.1 Å². The molecule has 1 heterocycles. The molecule has 0 aliphatic heterocycles. The topological polar surface area (TPSA) is 17.0 Å². The minimum absolute atomic E-state index is 0.192. The Morgan fingerprint density at radius 1 is 1.00 bits per heavy atom. The third-order valence-electron chi connectivity index (χ3n) is 3.48. The predicted molar refractivity (Wildman–Crippen MR) is 80.2 cm³/mol. The molecule has 0 saturated heterocycles. The molecular weight excluding hydrogens is 251 g/mol. The highest BCUT2D eigenvalue weighted by molar-refractivity contribution is 5.81. The maximum atomic E-state index is 12.9. The second-order valence-corrected chi connectivity index (χ2v) is 4.99. The first-order valence-corrected chi connectivity index (χ1v) is 6.73. The maximum absolute atomic E-state index is 12.9. The third kappa shape index (κ3) is 2.58. The van der Waals surface area contributed by atoms with E-state index in [0.717, 1.165) is 18.7 Å². The summed E-state index contributed by atoms with van der Waals surface area (Å²) >= 11 is 0. The number of halogens is 1. The highest BCUT2D eigenvalue weighted by atomic mass is 19.1. The van der Waals surface area contributed by atoms with Crippen molar-refractivity contribution in [3.05, 3.63) is 71.7 Å². The lowest BCUT2D eigenvalue weighted by atomic mass is 10.1. The highest BCUT2D eigenvalue weighted by Crippen LogP contribution is 2.19. The van der Waals surface area contributed by atoms with Crippen LogP contribution in [-0.2, 0) is 13.1 Å². The van der Waals surface area contributed by atoms with Gasteiger partial charge in [0, 0.05) is 24.8 Å². The number of fused-ring (bicyclic) bond motifs is 1. The van der Waals surface area contributed by atoms with Crippen molar-refractivity contribution in [2.24, 2.45) is 0 Å². The van der Waals surface area contributed by atoms with Crippen LogP contribution in [0.1, 0.15) is 11.1 Å². The Morgan fingerprint density at radius 3 is 2.50 bits per heavy atom. The zero-order valence-corrected chi connectivity index (χ0v) is 11.4. The molecule has 1 N–H and O–H groups in total. The molecule has 3 heteroatoms. The molecule has 0 bridgehead atoms. The summed E-state index contributed by atoms with van der Waals surface area (Å²) in [6, 6.07) is 15.3. The zero-order valence-electron chi connectivity index (χ0n) is 11.4. The third-order valence-corrected chi connectivity index (χ3v) is 3.48. The molecule has 0 radical (unpaired) electrons. The lowest BCUT2D eigenvalue weighted by Crippen LogP contribution is -2.04. The van der Waals surface area contributed by atoms with E-state index in [2.05, 4.69) is 40.3 Å². The molecule has 0 aliphatic carbocycles. The van der Waals surface area contributed by atoms with Crippen LogP contribution in [0.2, 0.25) is 0 Å². The van der Waals surface area contributed by atoms with Crippen molar-refractivity contribution in [1.29, 1.82) is 0 Å². The fourth-order valence-electron chi connectivity index (χ4n) is 2.49. The molecule has 20 heavy (non-hydrogen) atoms. The number of nitrogens with zero attached hydrogens (tertiary/aromatic N) is 1. The van der Waals surface area contributed by atoms with E-state index in [1.54, 1.807) is 0 Å². The van der Waals surface area contributed by atoms with Crippen molar-refractivity contribution in [3.8, 4) is 0 Å². The molecule has 0 unspecified atom stereocenters. The maximum Gasteiger partial charge on any atom is 0.123 e. The van der Waals surface area contributed by atoms with E-state index in [0.29, 0.717) is 0 Å².